The van der Waals surface area contributed by atoms with Crippen LogP contribution in [-0.2, 0) is 0 Å². The molecule has 1 heterocycles. The first-order valence-electron chi connectivity index (χ1n) is 7.08. The summed E-state index contributed by atoms with van der Waals surface area (Å²) in [6.07, 6.45) is 3.02. The molecule has 18 heavy (non-hydrogen) atoms. The van der Waals surface area contributed by atoms with Gasteiger partial charge >= 0.3 is 0 Å². The Morgan fingerprint density at radius 1 is 1.28 bits per heavy atom. The molecule has 0 aromatic heterocycles. The fraction of sp³-hybridized carbons (Fsp3) is 0.625. The SMILES string of the molecule is CC1CC(O)(C2CC2c2ccccc2)CCN1C. The van der Waals surface area contributed by atoms with Crippen molar-refractivity contribution in [3.63, 3.8) is 0 Å². The van der Waals surface area contributed by atoms with Crippen LogP contribution >= 0.6 is 0 Å². The van der Waals surface area contributed by atoms with Crippen LogP contribution in [0.5, 0.6) is 0 Å². The smallest absolute Gasteiger partial charge is 0.0708 e. The van der Waals surface area contributed by atoms with E-state index in [1.807, 2.05) is 0 Å². The zero-order valence-corrected chi connectivity index (χ0v) is 11.3. The first kappa shape index (κ1) is 12.2. The predicted molar refractivity (Wildman–Crippen MR) is 73.6 cm³/mol. The summed E-state index contributed by atoms with van der Waals surface area (Å²) in [5.41, 5.74) is 0.981. The van der Waals surface area contributed by atoms with Gasteiger partial charge in [-0.15, -0.1) is 0 Å². The minimum Gasteiger partial charge on any atom is -0.389 e. The Balaban J connectivity index is 1.70. The molecule has 3 rings (SSSR count). The third-order valence-corrected chi connectivity index (χ3v) is 5.01. The van der Waals surface area contributed by atoms with Crippen molar-refractivity contribution in [2.24, 2.45) is 5.92 Å². The van der Waals surface area contributed by atoms with Gasteiger partial charge in [0.25, 0.3) is 0 Å². The Labute approximate surface area is 110 Å². The van der Waals surface area contributed by atoms with Crippen molar-refractivity contribution in [3.8, 4) is 0 Å². The van der Waals surface area contributed by atoms with Crippen LogP contribution in [0.25, 0.3) is 0 Å². The van der Waals surface area contributed by atoms with Gasteiger partial charge in [0.1, 0.15) is 0 Å². The van der Waals surface area contributed by atoms with Crippen molar-refractivity contribution in [1.82, 2.24) is 4.90 Å². The van der Waals surface area contributed by atoms with Crippen LogP contribution in [-0.4, -0.2) is 35.2 Å². The molecule has 1 saturated carbocycles. The van der Waals surface area contributed by atoms with E-state index in [1.165, 1.54) is 5.56 Å². The van der Waals surface area contributed by atoms with Crippen LogP contribution in [0, 0.1) is 5.92 Å². The fourth-order valence-electron chi connectivity index (χ4n) is 3.55. The lowest BCUT2D eigenvalue weighted by Gasteiger charge is -2.41. The van der Waals surface area contributed by atoms with E-state index in [2.05, 4.69) is 49.2 Å². The molecular formula is C16H23NO. The van der Waals surface area contributed by atoms with Gasteiger partial charge in [-0.1, -0.05) is 30.3 Å². The molecule has 1 aliphatic heterocycles. The van der Waals surface area contributed by atoms with Gasteiger partial charge < -0.3 is 10.0 Å². The molecule has 1 aromatic carbocycles. The van der Waals surface area contributed by atoms with Crippen LogP contribution in [0.1, 0.15) is 37.7 Å². The van der Waals surface area contributed by atoms with Gasteiger partial charge in [0.05, 0.1) is 5.60 Å². The van der Waals surface area contributed by atoms with Gasteiger partial charge in [-0.25, -0.2) is 0 Å². The Bertz CT molecular complexity index is 418. The maximum atomic E-state index is 10.9. The summed E-state index contributed by atoms with van der Waals surface area (Å²) in [6, 6.07) is 11.2. The van der Waals surface area contributed by atoms with E-state index in [0.29, 0.717) is 17.9 Å². The molecule has 98 valence electrons. The molecule has 0 radical (unpaired) electrons. The largest absolute Gasteiger partial charge is 0.389 e. The van der Waals surface area contributed by atoms with Crippen molar-refractivity contribution >= 4 is 0 Å². The Kier molecular flexibility index (Phi) is 2.95. The Morgan fingerprint density at radius 2 is 2.00 bits per heavy atom. The quantitative estimate of drug-likeness (QED) is 0.866. The number of piperidine rings is 1. The van der Waals surface area contributed by atoms with Crippen molar-refractivity contribution < 1.29 is 5.11 Å². The number of likely N-dealkylation sites (tertiary alicyclic amines) is 1. The summed E-state index contributed by atoms with van der Waals surface area (Å²) in [4.78, 5) is 2.36. The summed E-state index contributed by atoms with van der Waals surface area (Å²) >= 11 is 0. The monoisotopic (exact) mass is 245 g/mol. The average Bonchev–Trinajstić information content (AvgIpc) is 3.16. The second-order valence-electron chi connectivity index (χ2n) is 6.25. The minimum atomic E-state index is -0.424. The lowest BCUT2D eigenvalue weighted by molar-refractivity contribution is -0.0541. The zero-order valence-electron chi connectivity index (χ0n) is 11.3. The lowest BCUT2D eigenvalue weighted by Crippen LogP contribution is -2.49. The highest BCUT2D eigenvalue weighted by Crippen LogP contribution is 2.56. The molecular weight excluding hydrogens is 222 g/mol. The van der Waals surface area contributed by atoms with Gasteiger partial charge in [0.2, 0.25) is 0 Å². The second-order valence-corrected chi connectivity index (χ2v) is 6.25. The van der Waals surface area contributed by atoms with E-state index in [-0.39, 0.29) is 0 Å². The molecule has 0 bridgehead atoms. The predicted octanol–water partition coefficient (Wildman–Crippen LogP) is 2.64. The molecule has 2 fully saturated rings. The number of hydrogen-bond donors (Lipinski definition) is 1. The highest BCUT2D eigenvalue weighted by molar-refractivity contribution is 5.28. The zero-order chi connectivity index (χ0) is 12.8. The number of aliphatic hydroxyl groups is 1. The standard InChI is InChI=1S/C16H23NO/c1-12-11-16(18,8-9-17(12)2)15-10-14(15)13-6-4-3-5-7-13/h3-7,12,14-15,18H,8-11H2,1-2H3. The van der Waals surface area contributed by atoms with Crippen LogP contribution in [0.4, 0.5) is 0 Å². The van der Waals surface area contributed by atoms with E-state index in [1.54, 1.807) is 0 Å². The molecule has 1 saturated heterocycles. The molecule has 0 spiro atoms. The fourth-order valence-corrected chi connectivity index (χ4v) is 3.55. The molecule has 1 aliphatic carbocycles. The summed E-state index contributed by atoms with van der Waals surface area (Å²) in [5.74, 6) is 1.07. The maximum absolute atomic E-state index is 10.9. The van der Waals surface area contributed by atoms with E-state index >= 15 is 0 Å². The van der Waals surface area contributed by atoms with Crippen LogP contribution in [0.15, 0.2) is 30.3 Å². The van der Waals surface area contributed by atoms with Gasteiger partial charge in [-0.05, 0) is 50.6 Å². The molecule has 1 aromatic rings. The number of benzene rings is 1. The minimum absolute atomic E-state index is 0.424. The number of hydrogen-bond acceptors (Lipinski definition) is 2. The van der Waals surface area contributed by atoms with Crippen molar-refractivity contribution in [2.45, 2.75) is 43.7 Å². The summed E-state index contributed by atoms with van der Waals surface area (Å²) in [7, 11) is 2.16. The molecule has 0 amide bonds. The second kappa shape index (κ2) is 4.36. The van der Waals surface area contributed by atoms with Crippen molar-refractivity contribution in [3.05, 3.63) is 35.9 Å². The highest BCUT2D eigenvalue weighted by atomic mass is 16.3. The molecule has 2 nitrogen and oxygen atoms in total. The number of nitrogens with zero attached hydrogens (tertiary/aromatic N) is 1. The first-order valence-corrected chi connectivity index (χ1v) is 7.08. The van der Waals surface area contributed by atoms with Gasteiger partial charge in [0, 0.05) is 12.6 Å². The van der Waals surface area contributed by atoms with Crippen LogP contribution in [0.2, 0.25) is 0 Å². The Morgan fingerprint density at radius 3 is 2.67 bits per heavy atom. The number of rotatable bonds is 2. The molecule has 1 N–H and O–H groups in total. The van der Waals surface area contributed by atoms with Crippen molar-refractivity contribution in [2.75, 3.05) is 13.6 Å². The molecule has 4 unspecified atom stereocenters. The molecule has 2 aliphatic rings. The third-order valence-electron chi connectivity index (χ3n) is 5.01. The van der Waals surface area contributed by atoms with Crippen LogP contribution in [0.3, 0.4) is 0 Å². The summed E-state index contributed by atoms with van der Waals surface area (Å²) < 4.78 is 0. The highest BCUT2D eigenvalue weighted by Gasteiger charge is 2.53. The van der Waals surface area contributed by atoms with E-state index in [0.717, 1.165) is 25.8 Å². The molecule has 4 atom stereocenters. The third kappa shape index (κ3) is 2.08. The topological polar surface area (TPSA) is 23.5 Å². The summed E-state index contributed by atoms with van der Waals surface area (Å²) in [5, 5.41) is 10.9. The summed E-state index contributed by atoms with van der Waals surface area (Å²) in [6.45, 7) is 3.25. The lowest BCUT2D eigenvalue weighted by atomic mass is 9.82. The van der Waals surface area contributed by atoms with Gasteiger partial charge in [0.15, 0.2) is 0 Å². The van der Waals surface area contributed by atoms with E-state index in [4.69, 9.17) is 0 Å². The van der Waals surface area contributed by atoms with E-state index < -0.39 is 5.60 Å². The van der Waals surface area contributed by atoms with E-state index in [9.17, 15) is 5.11 Å². The van der Waals surface area contributed by atoms with Gasteiger partial charge in [-0.3, -0.25) is 0 Å². The van der Waals surface area contributed by atoms with Crippen LogP contribution < -0.4 is 0 Å². The molecule has 2 heteroatoms. The normalized spacial score (nSPS) is 40.7. The van der Waals surface area contributed by atoms with Gasteiger partial charge in [-0.2, -0.15) is 0 Å². The van der Waals surface area contributed by atoms with Crippen molar-refractivity contribution in [1.29, 1.82) is 0 Å². The Hall–Kier alpha value is -0.860. The maximum Gasteiger partial charge on any atom is 0.0708 e. The first-order chi connectivity index (χ1) is 8.60. The average molecular weight is 245 g/mol.